The molecule has 0 bridgehead atoms. The minimum atomic E-state index is -0.431. The molecule has 16 heavy (non-hydrogen) atoms. The fraction of sp³-hybridized carbons (Fsp3) is 0.273. The molecule has 4 nitrogen and oxygen atoms in total. The Bertz CT molecular complexity index is 451. The van der Waals surface area contributed by atoms with Gasteiger partial charge in [-0.25, -0.2) is 0 Å². The Kier molecular flexibility index (Phi) is 4.32. The van der Waals surface area contributed by atoms with E-state index in [1.54, 1.807) is 6.92 Å². The maximum Gasteiger partial charge on any atom is 0.310 e. The maximum absolute atomic E-state index is 11.2. The second-order valence-electron chi connectivity index (χ2n) is 3.06. The number of hydrogen-bond donors (Lipinski definition) is 1. The Morgan fingerprint density at radius 3 is 2.88 bits per heavy atom. The Balaban J connectivity index is 3.00. The summed E-state index contributed by atoms with van der Waals surface area (Å²) in [5.74, 6) is -0.466. The first-order valence-electron chi connectivity index (χ1n) is 4.65. The van der Waals surface area contributed by atoms with Gasteiger partial charge in [-0.05, 0) is 35.0 Å². The van der Waals surface area contributed by atoms with Gasteiger partial charge in [0.1, 0.15) is 5.75 Å². The van der Waals surface area contributed by atoms with Crippen LogP contribution < -0.4 is 0 Å². The summed E-state index contributed by atoms with van der Waals surface area (Å²) in [7, 11) is 0. The highest BCUT2D eigenvalue weighted by Gasteiger charge is 2.12. The van der Waals surface area contributed by atoms with E-state index >= 15 is 0 Å². The van der Waals surface area contributed by atoms with Gasteiger partial charge in [0, 0.05) is 5.56 Å². The van der Waals surface area contributed by atoms with Gasteiger partial charge < -0.3 is 9.84 Å². The third kappa shape index (κ3) is 2.97. The van der Waals surface area contributed by atoms with Crippen molar-refractivity contribution in [3.05, 3.63) is 27.7 Å². The van der Waals surface area contributed by atoms with E-state index in [1.807, 2.05) is 6.07 Å². The van der Waals surface area contributed by atoms with Crippen molar-refractivity contribution in [1.29, 1.82) is 5.26 Å². The van der Waals surface area contributed by atoms with Crippen LogP contribution in [0.1, 0.15) is 18.1 Å². The molecular weight excluding hydrogens is 274 g/mol. The normalized spacial score (nSPS) is 9.56. The van der Waals surface area contributed by atoms with Crippen molar-refractivity contribution in [2.75, 3.05) is 6.61 Å². The summed E-state index contributed by atoms with van der Waals surface area (Å²) in [6.45, 7) is 2.00. The van der Waals surface area contributed by atoms with Crippen LogP contribution in [0.3, 0.4) is 0 Å². The number of aromatic hydroxyl groups is 1. The summed E-state index contributed by atoms with van der Waals surface area (Å²) >= 11 is 3.11. The predicted molar refractivity (Wildman–Crippen MR) is 60.9 cm³/mol. The molecule has 0 amide bonds. The van der Waals surface area contributed by atoms with E-state index in [9.17, 15) is 9.90 Å². The lowest BCUT2D eigenvalue weighted by molar-refractivity contribution is -0.142. The highest BCUT2D eigenvalue weighted by Crippen LogP contribution is 2.29. The van der Waals surface area contributed by atoms with Crippen molar-refractivity contribution in [1.82, 2.24) is 0 Å². The van der Waals surface area contributed by atoms with E-state index < -0.39 is 5.97 Å². The Hall–Kier alpha value is -1.54. The second-order valence-corrected chi connectivity index (χ2v) is 3.91. The number of hydrogen-bond acceptors (Lipinski definition) is 4. The van der Waals surface area contributed by atoms with E-state index in [4.69, 9.17) is 10.00 Å². The molecule has 84 valence electrons. The third-order valence-corrected chi connectivity index (χ3v) is 2.52. The van der Waals surface area contributed by atoms with Crippen molar-refractivity contribution >= 4 is 21.9 Å². The first-order chi connectivity index (χ1) is 7.58. The van der Waals surface area contributed by atoms with Gasteiger partial charge >= 0.3 is 5.97 Å². The van der Waals surface area contributed by atoms with Crippen LogP contribution in [-0.4, -0.2) is 17.7 Å². The minimum absolute atomic E-state index is 0.0351. The van der Waals surface area contributed by atoms with Gasteiger partial charge in [0.05, 0.1) is 29.1 Å². The van der Waals surface area contributed by atoms with Crippen molar-refractivity contribution in [2.45, 2.75) is 13.3 Å². The number of carbonyl (C=O) groups is 1. The minimum Gasteiger partial charge on any atom is -0.506 e. The van der Waals surface area contributed by atoms with E-state index in [-0.39, 0.29) is 12.2 Å². The molecule has 0 radical (unpaired) electrons. The molecule has 5 heteroatoms. The fourth-order valence-electron chi connectivity index (χ4n) is 1.22. The van der Waals surface area contributed by atoms with Crippen LogP contribution in [-0.2, 0) is 16.0 Å². The molecule has 0 aliphatic rings. The summed E-state index contributed by atoms with van der Waals surface area (Å²) in [4.78, 5) is 11.2. The van der Waals surface area contributed by atoms with Crippen molar-refractivity contribution in [3.63, 3.8) is 0 Å². The summed E-state index contributed by atoms with van der Waals surface area (Å²) < 4.78 is 5.16. The molecular formula is C11H10BrNO3. The number of phenols is 1. The lowest BCUT2D eigenvalue weighted by Gasteiger charge is -2.06. The van der Waals surface area contributed by atoms with E-state index in [0.717, 1.165) is 0 Å². The average Bonchev–Trinajstić information content (AvgIpc) is 2.24. The first-order valence-corrected chi connectivity index (χ1v) is 5.45. The molecule has 0 unspecified atom stereocenters. The number of esters is 1. The van der Waals surface area contributed by atoms with Gasteiger partial charge in [-0.3, -0.25) is 4.79 Å². The molecule has 0 atom stereocenters. The number of rotatable bonds is 3. The number of phenolic OH excluding ortho intramolecular Hbond substituents is 1. The number of ether oxygens (including phenoxy) is 1. The van der Waals surface area contributed by atoms with Crippen LogP contribution in [0, 0.1) is 11.3 Å². The van der Waals surface area contributed by atoms with Crippen LogP contribution in [0.25, 0.3) is 0 Å². The third-order valence-electron chi connectivity index (χ3n) is 1.91. The van der Waals surface area contributed by atoms with Crippen LogP contribution in [0.4, 0.5) is 0 Å². The highest BCUT2D eigenvalue weighted by atomic mass is 79.9. The van der Waals surface area contributed by atoms with E-state index in [2.05, 4.69) is 15.9 Å². The lowest BCUT2D eigenvalue weighted by atomic mass is 10.1. The molecule has 1 N–H and O–H groups in total. The molecule has 0 aliphatic heterocycles. The van der Waals surface area contributed by atoms with Crippen LogP contribution in [0.15, 0.2) is 16.6 Å². The lowest BCUT2D eigenvalue weighted by Crippen LogP contribution is -2.07. The quantitative estimate of drug-likeness (QED) is 0.863. The average molecular weight is 284 g/mol. The van der Waals surface area contributed by atoms with E-state index in [1.165, 1.54) is 12.1 Å². The molecule has 1 aromatic carbocycles. The maximum atomic E-state index is 11.2. The zero-order chi connectivity index (χ0) is 12.1. The van der Waals surface area contributed by atoms with Crippen molar-refractivity contribution in [2.24, 2.45) is 0 Å². The highest BCUT2D eigenvalue weighted by molar-refractivity contribution is 9.10. The molecule has 0 aromatic heterocycles. The summed E-state index contributed by atoms with van der Waals surface area (Å²) in [6.07, 6.45) is -0.0478. The number of nitrogens with zero attached hydrogens (tertiary/aromatic N) is 1. The van der Waals surface area contributed by atoms with Crippen LogP contribution in [0.5, 0.6) is 5.75 Å². The SMILES string of the molecule is CCOC(=O)Cc1cc(C#N)cc(Br)c1O. The number of benzene rings is 1. The molecule has 0 saturated heterocycles. The molecule has 0 spiro atoms. The second kappa shape index (κ2) is 5.52. The Morgan fingerprint density at radius 2 is 2.31 bits per heavy atom. The molecule has 0 fully saturated rings. The van der Waals surface area contributed by atoms with Gasteiger partial charge in [0.25, 0.3) is 0 Å². The summed E-state index contributed by atoms with van der Waals surface area (Å²) in [5.41, 5.74) is 0.758. The topological polar surface area (TPSA) is 70.3 Å². The van der Waals surface area contributed by atoms with Crippen LogP contribution >= 0.6 is 15.9 Å². The standard InChI is InChI=1S/C11H10BrNO3/c1-2-16-10(14)5-8-3-7(6-13)4-9(12)11(8)15/h3-4,15H,2,5H2,1H3. The fourth-order valence-corrected chi connectivity index (χ4v) is 1.72. The molecule has 0 aliphatic carbocycles. The van der Waals surface area contributed by atoms with Gasteiger partial charge in [-0.15, -0.1) is 0 Å². The molecule has 0 heterocycles. The summed E-state index contributed by atoms with van der Waals surface area (Å²) in [5, 5.41) is 18.4. The molecule has 0 saturated carbocycles. The van der Waals surface area contributed by atoms with Gasteiger partial charge in [0.2, 0.25) is 0 Å². The number of carbonyl (C=O) groups excluding carboxylic acids is 1. The Morgan fingerprint density at radius 1 is 1.62 bits per heavy atom. The predicted octanol–water partition coefficient (Wildman–Crippen LogP) is 2.13. The Labute approximate surface area is 102 Å². The number of halogens is 1. The van der Waals surface area contributed by atoms with Gasteiger partial charge in [-0.1, -0.05) is 0 Å². The monoisotopic (exact) mass is 283 g/mol. The largest absolute Gasteiger partial charge is 0.506 e. The summed E-state index contributed by atoms with van der Waals surface area (Å²) in [6, 6.07) is 4.91. The smallest absolute Gasteiger partial charge is 0.310 e. The van der Waals surface area contributed by atoms with E-state index in [0.29, 0.717) is 22.2 Å². The zero-order valence-corrected chi connectivity index (χ0v) is 10.2. The molecule has 1 rings (SSSR count). The number of nitriles is 1. The van der Waals surface area contributed by atoms with Crippen molar-refractivity contribution in [3.8, 4) is 11.8 Å². The van der Waals surface area contributed by atoms with Gasteiger partial charge in [0.15, 0.2) is 0 Å². The molecule has 1 aromatic rings. The van der Waals surface area contributed by atoms with Crippen LogP contribution in [0.2, 0.25) is 0 Å². The zero-order valence-electron chi connectivity index (χ0n) is 8.66. The van der Waals surface area contributed by atoms with Gasteiger partial charge in [-0.2, -0.15) is 5.26 Å². The first kappa shape index (κ1) is 12.5. The van der Waals surface area contributed by atoms with Crippen molar-refractivity contribution < 1.29 is 14.6 Å².